The Hall–Kier alpha value is -1.42. The number of pyridine rings is 1. The zero-order valence-corrected chi connectivity index (χ0v) is 10.9. The van der Waals surface area contributed by atoms with Crippen molar-refractivity contribution in [2.75, 3.05) is 7.05 Å². The fourth-order valence-corrected chi connectivity index (χ4v) is 1.53. The van der Waals surface area contributed by atoms with Crippen molar-refractivity contribution in [3.63, 3.8) is 0 Å². The molecule has 17 heavy (non-hydrogen) atoms. The highest BCUT2D eigenvalue weighted by atomic mass is 16.2. The zero-order chi connectivity index (χ0) is 13.0. The number of hydrogen-bond donors (Lipinski definition) is 1. The van der Waals surface area contributed by atoms with E-state index in [1.165, 1.54) is 0 Å². The summed E-state index contributed by atoms with van der Waals surface area (Å²) in [6, 6.07) is 5.17. The van der Waals surface area contributed by atoms with Crippen molar-refractivity contribution >= 4 is 5.91 Å². The average molecular weight is 235 g/mol. The SMILES string of the molecule is CC(C)[C@H](N)C(=O)N(C)C(C)c1ccccn1. The van der Waals surface area contributed by atoms with E-state index in [0.29, 0.717) is 0 Å². The van der Waals surface area contributed by atoms with E-state index in [2.05, 4.69) is 4.98 Å². The minimum atomic E-state index is -0.453. The van der Waals surface area contributed by atoms with Gasteiger partial charge < -0.3 is 10.6 Å². The number of rotatable bonds is 4. The van der Waals surface area contributed by atoms with Crippen molar-refractivity contribution in [3.8, 4) is 0 Å². The largest absolute Gasteiger partial charge is 0.336 e. The molecule has 94 valence electrons. The molecule has 0 saturated heterocycles. The van der Waals surface area contributed by atoms with Gasteiger partial charge in [0.1, 0.15) is 0 Å². The number of aromatic nitrogens is 1. The van der Waals surface area contributed by atoms with Crippen LogP contribution in [0.2, 0.25) is 0 Å². The second-order valence-electron chi connectivity index (χ2n) is 4.65. The summed E-state index contributed by atoms with van der Waals surface area (Å²) in [5.41, 5.74) is 6.74. The Labute approximate surface area is 103 Å². The van der Waals surface area contributed by atoms with E-state index in [-0.39, 0.29) is 17.9 Å². The molecular weight excluding hydrogens is 214 g/mol. The van der Waals surface area contributed by atoms with Gasteiger partial charge in [0.2, 0.25) is 5.91 Å². The standard InChI is InChI=1S/C13H21N3O/c1-9(2)12(14)13(17)16(4)10(3)11-7-5-6-8-15-11/h5-10,12H,14H2,1-4H3/t10?,12-/m0/s1. The van der Waals surface area contributed by atoms with Gasteiger partial charge in [0.15, 0.2) is 0 Å². The summed E-state index contributed by atoms with van der Waals surface area (Å²) in [7, 11) is 1.77. The molecular formula is C13H21N3O. The molecule has 2 N–H and O–H groups in total. The number of likely N-dealkylation sites (N-methyl/N-ethyl adjacent to an activating group) is 1. The summed E-state index contributed by atoms with van der Waals surface area (Å²) in [5, 5.41) is 0. The fourth-order valence-electron chi connectivity index (χ4n) is 1.53. The van der Waals surface area contributed by atoms with Gasteiger partial charge in [-0.3, -0.25) is 9.78 Å². The summed E-state index contributed by atoms with van der Waals surface area (Å²) in [4.78, 5) is 18.0. The van der Waals surface area contributed by atoms with Gasteiger partial charge in [-0.2, -0.15) is 0 Å². The number of carbonyl (C=O) groups excluding carboxylic acids is 1. The monoisotopic (exact) mass is 235 g/mol. The molecule has 1 aromatic rings. The van der Waals surface area contributed by atoms with Crippen LogP contribution in [0.3, 0.4) is 0 Å². The molecule has 0 fully saturated rings. The van der Waals surface area contributed by atoms with Crippen molar-refractivity contribution < 1.29 is 4.79 Å². The van der Waals surface area contributed by atoms with Crippen LogP contribution in [0.1, 0.15) is 32.5 Å². The first-order valence-corrected chi connectivity index (χ1v) is 5.88. The van der Waals surface area contributed by atoms with Gasteiger partial charge in [-0.25, -0.2) is 0 Å². The summed E-state index contributed by atoms with van der Waals surface area (Å²) in [6.45, 7) is 5.84. The second-order valence-corrected chi connectivity index (χ2v) is 4.65. The van der Waals surface area contributed by atoms with E-state index in [1.54, 1.807) is 18.1 Å². The van der Waals surface area contributed by atoms with Crippen LogP contribution < -0.4 is 5.73 Å². The van der Waals surface area contributed by atoms with Crippen LogP contribution in [0, 0.1) is 5.92 Å². The summed E-state index contributed by atoms with van der Waals surface area (Å²) in [6.07, 6.45) is 1.73. The summed E-state index contributed by atoms with van der Waals surface area (Å²) >= 11 is 0. The molecule has 1 amide bonds. The van der Waals surface area contributed by atoms with Crippen LogP contribution in [0.15, 0.2) is 24.4 Å². The van der Waals surface area contributed by atoms with Crippen molar-refractivity contribution in [1.82, 2.24) is 9.88 Å². The Kier molecular flexibility index (Phi) is 4.63. The smallest absolute Gasteiger partial charge is 0.240 e. The lowest BCUT2D eigenvalue weighted by Gasteiger charge is -2.28. The number of carbonyl (C=O) groups is 1. The van der Waals surface area contributed by atoms with E-state index in [1.807, 2.05) is 39.0 Å². The van der Waals surface area contributed by atoms with Gasteiger partial charge in [0.05, 0.1) is 17.8 Å². The lowest BCUT2D eigenvalue weighted by atomic mass is 10.0. The molecule has 0 aromatic carbocycles. The quantitative estimate of drug-likeness (QED) is 0.862. The Morgan fingerprint density at radius 2 is 2.00 bits per heavy atom. The Bertz CT molecular complexity index is 364. The van der Waals surface area contributed by atoms with Crippen molar-refractivity contribution in [2.24, 2.45) is 11.7 Å². The highest BCUT2D eigenvalue weighted by molar-refractivity contribution is 5.82. The van der Waals surface area contributed by atoms with Crippen LogP contribution in [-0.4, -0.2) is 28.9 Å². The zero-order valence-electron chi connectivity index (χ0n) is 10.9. The third-order valence-electron chi connectivity index (χ3n) is 3.05. The maximum Gasteiger partial charge on any atom is 0.240 e. The predicted molar refractivity (Wildman–Crippen MR) is 68.2 cm³/mol. The van der Waals surface area contributed by atoms with Crippen molar-refractivity contribution in [2.45, 2.75) is 32.9 Å². The lowest BCUT2D eigenvalue weighted by molar-refractivity contribution is -0.134. The van der Waals surface area contributed by atoms with Gasteiger partial charge in [-0.05, 0) is 25.0 Å². The van der Waals surface area contributed by atoms with E-state index >= 15 is 0 Å². The highest BCUT2D eigenvalue weighted by Gasteiger charge is 2.25. The molecule has 1 unspecified atom stereocenters. The van der Waals surface area contributed by atoms with Gasteiger partial charge in [0.25, 0.3) is 0 Å². The molecule has 4 heteroatoms. The summed E-state index contributed by atoms with van der Waals surface area (Å²) < 4.78 is 0. The lowest BCUT2D eigenvalue weighted by Crippen LogP contribution is -2.45. The van der Waals surface area contributed by atoms with Crippen LogP contribution in [-0.2, 0) is 4.79 Å². The van der Waals surface area contributed by atoms with E-state index in [0.717, 1.165) is 5.69 Å². The third-order valence-corrected chi connectivity index (χ3v) is 3.05. The van der Waals surface area contributed by atoms with Gasteiger partial charge in [-0.15, -0.1) is 0 Å². The van der Waals surface area contributed by atoms with E-state index in [9.17, 15) is 4.79 Å². The third kappa shape index (κ3) is 3.27. The van der Waals surface area contributed by atoms with Crippen molar-refractivity contribution in [1.29, 1.82) is 0 Å². The first-order valence-electron chi connectivity index (χ1n) is 5.88. The Morgan fingerprint density at radius 1 is 1.35 bits per heavy atom. The molecule has 4 nitrogen and oxygen atoms in total. The maximum atomic E-state index is 12.1. The van der Waals surface area contributed by atoms with Gasteiger partial charge in [0, 0.05) is 13.2 Å². The molecule has 0 spiro atoms. The van der Waals surface area contributed by atoms with Crippen LogP contribution in [0.25, 0.3) is 0 Å². The Morgan fingerprint density at radius 3 is 2.47 bits per heavy atom. The van der Waals surface area contributed by atoms with Crippen LogP contribution in [0.4, 0.5) is 0 Å². The molecule has 0 bridgehead atoms. The minimum Gasteiger partial charge on any atom is -0.336 e. The fraction of sp³-hybridized carbons (Fsp3) is 0.538. The average Bonchev–Trinajstić information content (AvgIpc) is 2.36. The summed E-state index contributed by atoms with van der Waals surface area (Å²) in [5.74, 6) is 0.0963. The first kappa shape index (κ1) is 13.6. The molecule has 0 radical (unpaired) electrons. The van der Waals surface area contributed by atoms with E-state index in [4.69, 9.17) is 5.73 Å². The molecule has 0 aliphatic heterocycles. The molecule has 2 atom stereocenters. The second kappa shape index (κ2) is 5.77. The normalized spacial score (nSPS) is 14.5. The number of nitrogens with two attached hydrogens (primary N) is 1. The molecule has 0 aliphatic rings. The molecule has 1 aromatic heterocycles. The number of nitrogens with zero attached hydrogens (tertiary/aromatic N) is 2. The maximum absolute atomic E-state index is 12.1. The number of hydrogen-bond acceptors (Lipinski definition) is 3. The Balaban J connectivity index is 2.77. The topological polar surface area (TPSA) is 59.2 Å². The van der Waals surface area contributed by atoms with Crippen LogP contribution >= 0.6 is 0 Å². The molecule has 0 saturated carbocycles. The van der Waals surface area contributed by atoms with Crippen molar-refractivity contribution in [3.05, 3.63) is 30.1 Å². The highest BCUT2D eigenvalue weighted by Crippen LogP contribution is 2.17. The molecule has 0 aliphatic carbocycles. The van der Waals surface area contributed by atoms with E-state index < -0.39 is 6.04 Å². The van der Waals surface area contributed by atoms with Gasteiger partial charge in [-0.1, -0.05) is 19.9 Å². The first-order chi connectivity index (χ1) is 7.95. The molecule has 1 rings (SSSR count). The van der Waals surface area contributed by atoms with Crippen LogP contribution in [0.5, 0.6) is 0 Å². The number of amides is 1. The van der Waals surface area contributed by atoms with Gasteiger partial charge >= 0.3 is 0 Å². The predicted octanol–water partition coefficient (Wildman–Crippen LogP) is 1.58. The minimum absolute atomic E-state index is 0.0434. The molecule has 1 heterocycles.